The van der Waals surface area contributed by atoms with Gasteiger partial charge in [0.25, 0.3) is 5.91 Å². The van der Waals surface area contributed by atoms with Gasteiger partial charge in [0.2, 0.25) is 5.91 Å². The van der Waals surface area contributed by atoms with Crippen molar-refractivity contribution < 1.29 is 9.59 Å². The highest BCUT2D eigenvalue weighted by atomic mass is 32.1. The van der Waals surface area contributed by atoms with Gasteiger partial charge in [-0.1, -0.05) is 12.1 Å². The average Bonchev–Trinajstić information content (AvgIpc) is 3.22. The van der Waals surface area contributed by atoms with E-state index in [9.17, 15) is 9.59 Å². The molecule has 1 aromatic carbocycles. The number of carbonyl (C=O) groups excluding carboxylic acids is 2. The highest BCUT2D eigenvalue weighted by molar-refractivity contribution is 7.12. The van der Waals surface area contributed by atoms with Gasteiger partial charge in [0, 0.05) is 31.5 Å². The van der Waals surface area contributed by atoms with Crippen molar-refractivity contribution >= 4 is 28.8 Å². The molecule has 2 N–H and O–H groups in total. The Morgan fingerprint density at radius 3 is 2.67 bits per heavy atom. The molecule has 0 radical (unpaired) electrons. The number of nitrogens with zero attached hydrogens (tertiary/aromatic N) is 1. The first-order valence-electron chi connectivity index (χ1n) is 7.49. The number of thiophene rings is 1. The number of hydrogen-bond donors (Lipinski definition) is 2. The summed E-state index contributed by atoms with van der Waals surface area (Å²) in [5, 5.41) is 7.57. The Morgan fingerprint density at radius 1 is 1.12 bits per heavy atom. The molecule has 2 aromatic heterocycles. The maximum absolute atomic E-state index is 12.5. The van der Waals surface area contributed by atoms with Gasteiger partial charge in [-0.2, -0.15) is 0 Å². The smallest absolute Gasteiger partial charge is 0.263 e. The number of amides is 2. The van der Waals surface area contributed by atoms with E-state index < -0.39 is 0 Å². The van der Waals surface area contributed by atoms with Crippen molar-refractivity contribution in [2.75, 3.05) is 5.32 Å². The minimum absolute atomic E-state index is 0.112. The van der Waals surface area contributed by atoms with Crippen LogP contribution in [0.25, 0.3) is 5.69 Å². The summed E-state index contributed by atoms with van der Waals surface area (Å²) < 4.78 is 1.92. The van der Waals surface area contributed by atoms with Gasteiger partial charge in [0.15, 0.2) is 0 Å². The maximum atomic E-state index is 12.5. The Balaban J connectivity index is 1.69. The molecule has 3 aromatic rings. The zero-order valence-electron chi connectivity index (χ0n) is 13.2. The van der Waals surface area contributed by atoms with Gasteiger partial charge in [-0.15, -0.1) is 11.3 Å². The van der Waals surface area contributed by atoms with Gasteiger partial charge in [-0.3, -0.25) is 9.59 Å². The van der Waals surface area contributed by atoms with Crippen molar-refractivity contribution in [3.63, 3.8) is 0 Å². The Hall–Kier alpha value is -2.86. The molecule has 3 rings (SSSR count). The Morgan fingerprint density at radius 2 is 1.92 bits per heavy atom. The monoisotopic (exact) mass is 339 g/mol. The molecule has 0 bridgehead atoms. The SMILES string of the molecule is CC(=O)Nc1cccc(CNC(=O)c2sccc2-n2cccc2)c1. The first-order valence-corrected chi connectivity index (χ1v) is 8.37. The molecule has 6 heteroatoms. The number of benzene rings is 1. The summed E-state index contributed by atoms with van der Waals surface area (Å²) in [4.78, 5) is 24.3. The quantitative estimate of drug-likeness (QED) is 0.748. The van der Waals surface area contributed by atoms with Crippen LogP contribution >= 0.6 is 11.3 Å². The zero-order chi connectivity index (χ0) is 16.9. The third-order valence-electron chi connectivity index (χ3n) is 3.43. The van der Waals surface area contributed by atoms with E-state index in [1.54, 1.807) is 0 Å². The molecule has 0 fully saturated rings. The van der Waals surface area contributed by atoms with Crippen molar-refractivity contribution in [2.45, 2.75) is 13.5 Å². The molecule has 0 atom stereocenters. The van der Waals surface area contributed by atoms with E-state index in [0.29, 0.717) is 11.4 Å². The minimum Gasteiger partial charge on any atom is -0.347 e. The summed E-state index contributed by atoms with van der Waals surface area (Å²) in [6.45, 7) is 1.86. The Kier molecular flexibility index (Phi) is 4.77. The number of nitrogens with one attached hydrogen (secondary N) is 2. The first-order chi connectivity index (χ1) is 11.6. The van der Waals surface area contributed by atoms with Crippen molar-refractivity contribution in [1.29, 1.82) is 0 Å². The number of hydrogen-bond acceptors (Lipinski definition) is 3. The number of carbonyl (C=O) groups is 2. The lowest BCUT2D eigenvalue weighted by atomic mass is 10.2. The van der Waals surface area contributed by atoms with E-state index in [0.717, 1.165) is 16.9 Å². The van der Waals surface area contributed by atoms with E-state index in [2.05, 4.69) is 10.6 Å². The summed E-state index contributed by atoms with van der Waals surface area (Å²) in [7, 11) is 0. The topological polar surface area (TPSA) is 63.1 Å². The summed E-state index contributed by atoms with van der Waals surface area (Å²) in [5.74, 6) is -0.232. The third-order valence-corrected chi connectivity index (χ3v) is 4.34. The molecule has 0 spiro atoms. The molecule has 122 valence electrons. The summed E-state index contributed by atoms with van der Waals surface area (Å²) in [5.41, 5.74) is 2.52. The predicted octanol–water partition coefficient (Wildman–Crippen LogP) is 3.43. The van der Waals surface area contributed by atoms with Crippen LogP contribution in [0.1, 0.15) is 22.2 Å². The highest BCUT2D eigenvalue weighted by Gasteiger charge is 2.14. The fraction of sp³-hybridized carbons (Fsp3) is 0.111. The van der Waals surface area contributed by atoms with Crippen LogP contribution in [0.2, 0.25) is 0 Å². The second-order valence-corrected chi connectivity index (χ2v) is 6.21. The molecule has 0 aliphatic rings. The first kappa shape index (κ1) is 16.0. The van der Waals surface area contributed by atoms with Crippen LogP contribution in [-0.2, 0) is 11.3 Å². The molecule has 0 unspecified atom stereocenters. The largest absolute Gasteiger partial charge is 0.347 e. The average molecular weight is 339 g/mol. The van der Waals surface area contributed by atoms with Gasteiger partial charge >= 0.3 is 0 Å². The minimum atomic E-state index is -0.119. The van der Waals surface area contributed by atoms with Gasteiger partial charge in [0.05, 0.1) is 5.69 Å². The molecule has 24 heavy (non-hydrogen) atoms. The van der Waals surface area contributed by atoms with Crippen LogP contribution in [0, 0.1) is 0 Å². The second-order valence-electron chi connectivity index (χ2n) is 5.29. The molecule has 2 heterocycles. The molecule has 0 saturated heterocycles. The van der Waals surface area contributed by atoms with Crippen LogP contribution in [0.5, 0.6) is 0 Å². The zero-order valence-corrected chi connectivity index (χ0v) is 14.0. The van der Waals surface area contributed by atoms with E-state index in [1.807, 2.05) is 64.8 Å². The summed E-state index contributed by atoms with van der Waals surface area (Å²) in [6.07, 6.45) is 3.82. The third kappa shape index (κ3) is 3.72. The van der Waals surface area contributed by atoms with E-state index in [1.165, 1.54) is 18.3 Å². The summed E-state index contributed by atoms with van der Waals surface area (Å²) >= 11 is 1.41. The van der Waals surface area contributed by atoms with Gasteiger partial charge < -0.3 is 15.2 Å². The molecule has 0 saturated carbocycles. The van der Waals surface area contributed by atoms with Crippen molar-refractivity contribution in [3.05, 3.63) is 70.7 Å². The van der Waals surface area contributed by atoms with Gasteiger partial charge in [-0.05, 0) is 41.3 Å². The number of rotatable bonds is 5. The second kappa shape index (κ2) is 7.14. The molecular weight excluding hydrogens is 322 g/mol. The van der Waals surface area contributed by atoms with Crippen LogP contribution in [0.3, 0.4) is 0 Å². The summed E-state index contributed by atoms with van der Waals surface area (Å²) in [6, 6.07) is 13.2. The van der Waals surface area contributed by atoms with E-state index in [4.69, 9.17) is 0 Å². The van der Waals surface area contributed by atoms with Crippen LogP contribution < -0.4 is 10.6 Å². The molecule has 0 aliphatic heterocycles. The standard InChI is InChI=1S/C18H17N3O2S/c1-13(22)20-15-6-4-5-14(11-15)12-19-18(23)17-16(7-10-24-17)21-8-2-3-9-21/h2-11H,12H2,1H3,(H,19,23)(H,20,22). The van der Waals surface area contributed by atoms with E-state index in [-0.39, 0.29) is 11.8 Å². The van der Waals surface area contributed by atoms with Crippen molar-refractivity contribution in [3.8, 4) is 5.69 Å². The van der Waals surface area contributed by atoms with E-state index >= 15 is 0 Å². The van der Waals surface area contributed by atoms with Crippen LogP contribution in [0.15, 0.2) is 60.2 Å². The molecule has 0 aliphatic carbocycles. The molecule has 5 nitrogen and oxygen atoms in total. The van der Waals surface area contributed by atoms with Crippen LogP contribution in [-0.4, -0.2) is 16.4 Å². The molecular formula is C18H17N3O2S. The lowest BCUT2D eigenvalue weighted by Gasteiger charge is -2.09. The normalized spacial score (nSPS) is 10.4. The van der Waals surface area contributed by atoms with Crippen LogP contribution in [0.4, 0.5) is 5.69 Å². The predicted molar refractivity (Wildman–Crippen MR) is 95.6 cm³/mol. The van der Waals surface area contributed by atoms with Crippen molar-refractivity contribution in [1.82, 2.24) is 9.88 Å². The van der Waals surface area contributed by atoms with Gasteiger partial charge in [0.1, 0.15) is 4.88 Å². The number of anilines is 1. The molecule has 2 amide bonds. The Bertz CT molecular complexity index is 853. The highest BCUT2D eigenvalue weighted by Crippen LogP contribution is 2.21. The fourth-order valence-electron chi connectivity index (χ4n) is 2.40. The number of aromatic nitrogens is 1. The lowest BCUT2D eigenvalue weighted by Crippen LogP contribution is -2.23. The Labute approximate surface area is 143 Å². The fourth-order valence-corrected chi connectivity index (χ4v) is 3.20. The van der Waals surface area contributed by atoms with Crippen molar-refractivity contribution in [2.24, 2.45) is 0 Å². The maximum Gasteiger partial charge on any atom is 0.263 e. The lowest BCUT2D eigenvalue weighted by molar-refractivity contribution is -0.114. The van der Waals surface area contributed by atoms with Gasteiger partial charge in [-0.25, -0.2) is 0 Å².